The maximum Gasteiger partial charge on any atom is 0.416 e. The molecule has 3 heterocycles. The third-order valence-corrected chi connectivity index (χ3v) is 7.07. The number of hydrogen-bond acceptors (Lipinski definition) is 7. The minimum atomic E-state index is -4.41. The Kier molecular flexibility index (Phi) is 9.38. The zero-order valence-electron chi connectivity index (χ0n) is 22.3. The first-order valence-electron chi connectivity index (χ1n) is 13.0. The zero-order valence-corrected chi connectivity index (χ0v) is 23.1. The lowest BCUT2D eigenvalue weighted by molar-refractivity contribution is -0.137. The van der Waals surface area contributed by atoms with Gasteiger partial charge in [0.1, 0.15) is 5.82 Å². The average molecular weight is 607 g/mol. The van der Waals surface area contributed by atoms with Gasteiger partial charge in [-0.05, 0) is 42.3 Å². The van der Waals surface area contributed by atoms with Gasteiger partial charge in [-0.2, -0.15) is 23.1 Å². The normalized spacial score (nSPS) is 14.9. The van der Waals surface area contributed by atoms with Crippen LogP contribution in [0.5, 0.6) is 0 Å². The average Bonchev–Trinajstić information content (AvgIpc) is 2.97. The molecule has 2 aliphatic heterocycles. The molecule has 14 heteroatoms. The van der Waals surface area contributed by atoms with E-state index in [-0.39, 0.29) is 48.6 Å². The number of halogens is 5. The second kappa shape index (κ2) is 12.8. The van der Waals surface area contributed by atoms with Gasteiger partial charge in [0.25, 0.3) is 11.5 Å². The second-order valence-corrected chi connectivity index (χ2v) is 9.70. The minimum absolute atomic E-state index is 0. The summed E-state index contributed by atoms with van der Waals surface area (Å²) >= 11 is 0. The van der Waals surface area contributed by atoms with Crippen LogP contribution in [-0.2, 0) is 30.3 Å². The Labute approximate surface area is 244 Å². The standard InChI is InChI=1S/C28H26F4N6O3.ClH/c29-23-15-19(16-33)3-6-21(23)25(39)36-10-8-24-22(17-36)26(40)38(37-11-13-41-14-12-37)27(35-24)34-9-7-18-1-4-20(5-2-18)28(30,31)32;/h1-6,15H,7-14,17H2,(H,34,35);1H. The van der Waals surface area contributed by atoms with Gasteiger partial charge < -0.3 is 20.0 Å². The molecule has 0 unspecified atom stereocenters. The van der Waals surface area contributed by atoms with Gasteiger partial charge >= 0.3 is 6.18 Å². The molecule has 0 bridgehead atoms. The molecule has 1 aromatic heterocycles. The number of amides is 1. The summed E-state index contributed by atoms with van der Waals surface area (Å²) in [6, 6.07) is 10.4. The number of nitriles is 1. The van der Waals surface area contributed by atoms with E-state index in [4.69, 9.17) is 15.0 Å². The summed E-state index contributed by atoms with van der Waals surface area (Å²) < 4.78 is 60.0. The molecular weight excluding hydrogens is 580 g/mol. The second-order valence-electron chi connectivity index (χ2n) is 9.70. The molecule has 2 aromatic carbocycles. The van der Waals surface area contributed by atoms with Crippen LogP contribution in [0.1, 0.15) is 38.3 Å². The van der Waals surface area contributed by atoms with Crippen molar-refractivity contribution in [2.24, 2.45) is 0 Å². The first-order valence-corrected chi connectivity index (χ1v) is 13.0. The minimum Gasteiger partial charge on any atom is -0.378 e. The van der Waals surface area contributed by atoms with Gasteiger partial charge in [-0.15, -0.1) is 12.4 Å². The molecule has 3 aromatic rings. The van der Waals surface area contributed by atoms with Crippen LogP contribution in [0.15, 0.2) is 47.3 Å². The molecule has 1 N–H and O–H groups in total. The number of aromatic nitrogens is 2. The monoisotopic (exact) mass is 606 g/mol. The van der Waals surface area contributed by atoms with Crippen LogP contribution in [0.4, 0.5) is 23.5 Å². The smallest absolute Gasteiger partial charge is 0.378 e. The molecule has 42 heavy (non-hydrogen) atoms. The number of alkyl halides is 3. The van der Waals surface area contributed by atoms with E-state index >= 15 is 0 Å². The molecule has 1 fully saturated rings. The molecule has 9 nitrogen and oxygen atoms in total. The lowest BCUT2D eigenvalue weighted by Gasteiger charge is -2.34. The van der Waals surface area contributed by atoms with Crippen molar-refractivity contribution in [2.45, 2.75) is 25.6 Å². The zero-order chi connectivity index (χ0) is 29.1. The Morgan fingerprint density at radius 1 is 1.10 bits per heavy atom. The van der Waals surface area contributed by atoms with E-state index in [0.29, 0.717) is 62.0 Å². The summed E-state index contributed by atoms with van der Waals surface area (Å²) in [7, 11) is 0. The maximum absolute atomic E-state index is 14.5. The fourth-order valence-electron chi connectivity index (χ4n) is 4.88. The van der Waals surface area contributed by atoms with Gasteiger partial charge in [0.15, 0.2) is 0 Å². The van der Waals surface area contributed by atoms with Crippen LogP contribution in [0.3, 0.4) is 0 Å². The summed E-state index contributed by atoms with van der Waals surface area (Å²) in [4.78, 5) is 33.0. The Balaban J connectivity index is 0.00000405. The highest BCUT2D eigenvalue weighted by Gasteiger charge is 2.31. The number of morpholine rings is 1. The molecule has 1 saturated heterocycles. The first kappa shape index (κ1) is 30.8. The number of carbonyl (C=O) groups excluding carboxylic acids is 1. The van der Waals surface area contributed by atoms with E-state index in [2.05, 4.69) is 5.32 Å². The van der Waals surface area contributed by atoms with E-state index in [9.17, 15) is 27.2 Å². The topological polar surface area (TPSA) is 103 Å². The SMILES string of the molecule is Cl.N#Cc1ccc(C(=O)N2CCc3nc(NCCc4ccc(C(F)(F)F)cc4)n(N4CCOCC4)c(=O)c3C2)c(F)c1. The van der Waals surface area contributed by atoms with Gasteiger partial charge in [-0.3, -0.25) is 9.59 Å². The van der Waals surface area contributed by atoms with Crippen molar-refractivity contribution in [1.29, 1.82) is 5.26 Å². The van der Waals surface area contributed by atoms with E-state index in [1.807, 2.05) is 6.07 Å². The molecule has 0 saturated carbocycles. The summed E-state index contributed by atoms with van der Waals surface area (Å²) in [5.41, 5.74) is 0.342. The highest BCUT2D eigenvalue weighted by Crippen LogP contribution is 2.29. The van der Waals surface area contributed by atoms with Crippen molar-refractivity contribution in [3.8, 4) is 6.07 Å². The Hall–Kier alpha value is -4.15. The number of benzene rings is 2. The van der Waals surface area contributed by atoms with E-state index in [0.717, 1.165) is 18.2 Å². The molecule has 5 rings (SSSR count). The first-order chi connectivity index (χ1) is 19.7. The molecule has 1 amide bonds. The third kappa shape index (κ3) is 6.50. The van der Waals surface area contributed by atoms with Crippen LogP contribution in [0.2, 0.25) is 0 Å². The van der Waals surface area contributed by atoms with Crippen molar-refractivity contribution in [1.82, 2.24) is 14.6 Å². The number of ether oxygens (including phenoxy) is 1. The molecule has 0 atom stereocenters. The fourth-order valence-corrected chi connectivity index (χ4v) is 4.88. The highest BCUT2D eigenvalue weighted by molar-refractivity contribution is 5.94. The predicted octanol–water partition coefficient (Wildman–Crippen LogP) is 3.52. The lowest BCUT2D eigenvalue weighted by Crippen LogP contribution is -2.52. The Morgan fingerprint density at radius 2 is 1.81 bits per heavy atom. The molecule has 2 aliphatic rings. The fraction of sp³-hybridized carbons (Fsp3) is 0.357. The number of nitrogens with zero attached hydrogens (tertiary/aromatic N) is 5. The maximum atomic E-state index is 14.5. The summed E-state index contributed by atoms with van der Waals surface area (Å²) in [6.45, 7) is 2.11. The number of nitrogens with one attached hydrogen (secondary N) is 1. The van der Waals surface area contributed by atoms with Crippen LogP contribution < -0.4 is 15.9 Å². The van der Waals surface area contributed by atoms with Gasteiger partial charge in [-0.25, -0.2) is 9.37 Å². The van der Waals surface area contributed by atoms with Crippen molar-refractivity contribution < 1.29 is 27.1 Å². The number of carbonyl (C=O) groups is 1. The Bertz CT molecular complexity index is 1550. The molecule has 0 radical (unpaired) electrons. The van der Waals surface area contributed by atoms with E-state index in [1.54, 1.807) is 5.01 Å². The summed E-state index contributed by atoms with van der Waals surface area (Å²) in [6.07, 6.45) is -3.74. The molecular formula is C28H27ClF4N6O3. The van der Waals surface area contributed by atoms with E-state index < -0.39 is 23.5 Å². The van der Waals surface area contributed by atoms with Crippen molar-refractivity contribution in [3.63, 3.8) is 0 Å². The van der Waals surface area contributed by atoms with Crippen molar-refractivity contribution in [3.05, 3.63) is 92.1 Å². The predicted molar refractivity (Wildman–Crippen MR) is 148 cm³/mol. The van der Waals surface area contributed by atoms with Crippen molar-refractivity contribution >= 4 is 24.3 Å². The van der Waals surface area contributed by atoms with Gasteiger partial charge in [0, 0.05) is 19.5 Å². The Morgan fingerprint density at radius 3 is 2.45 bits per heavy atom. The summed E-state index contributed by atoms with van der Waals surface area (Å²) in [5, 5.41) is 13.9. The highest BCUT2D eigenvalue weighted by atomic mass is 35.5. The van der Waals surface area contributed by atoms with Crippen LogP contribution in [0.25, 0.3) is 0 Å². The van der Waals surface area contributed by atoms with Crippen molar-refractivity contribution in [2.75, 3.05) is 49.7 Å². The van der Waals surface area contributed by atoms with Gasteiger partial charge in [0.2, 0.25) is 5.95 Å². The quantitative estimate of drug-likeness (QED) is 0.428. The number of rotatable bonds is 6. The van der Waals surface area contributed by atoms with Crippen LogP contribution in [0, 0.1) is 17.1 Å². The molecule has 0 spiro atoms. The molecule has 222 valence electrons. The van der Waals surface area contributed by atoms with Gasteiger partial charge in [0.05, 0.1) is 66.9 Å². The van der Waals surface area contributed by atoms with E-state index in [1.165, 1.54) is 33.8 Å². The molecule has 0 aliphatic carbocycles. The van der Waals surface area contributed by atoms with Crippen LogP contribution >= 0.6 is 12.4 Å². The summed E-state index contributed by atoms with van der Waals surface area (Å²) in [5.74, 6) is -1.11. The number of fused-ring (bicyclic) bond motifs is 1. The lowest BCUT2D eigenvalue weighted by atomic mass is 10.0. The third-order valence-electron chi connectivity index (χ3n) is 7.07. The largest absolute Gasteiger partial charge is 0.416 e. The number of anilines is 1. The van der Waals surface area contributed by atoms with Gasteiger partial charge in [-0.1, -0.05) is 12.1 Å². The van der Waals surface area contributed by atoms with Crippen LogP contribution in [-0.4, -0.2) is 59.9 Å². The number of hydrogen-bond donors (Lipinski definition) is 1.